The Morgan fingerprint density at radius 3 is 2.30 bits per heavy atom. The van der Waals surface area contributed by atoms with Gasteiger partial charge in [-0.1, -0.05) is 12.1 Å². The van der Waals surface area contributed by atoms with E-state index in [9.17, 15) is 23.1 Å². The molecule has 0 amide bonds. The van der Waals surface area contributed by atoms with Gasteiger partial charge in [0, 0.05) is 44.5 Å². The van der Waals surface area contributed by atoms with Crippen LogP contribution in [0.5, 0.6) is 11.5 Å². The average Bonchev–Trinajstić information content (AvgIpc) is 2.90. The highest BCUT2D eigenvalue weighted by molar-refractivity contribution is 5.82. The molecule has 6 nitrogen and oxygen atoms in total. The fourth-order valence-corrected chi connectivity index (χ4v) is 4.42. The molecule has 1 fully saturated rings. The van der Waals surface area contributed by atoms with Crippen LogP contribution >= 0.6 is 0 Å². The SMILES string of the molecule is O=c1c(-c2ccc(O)cc2)coc2cc(OCCN3CCN(c4ccc(C(F)(F)F)cc4)CC3)ccc12. The molecule has 0 spiro atoms. The number of benzene rings is 3. The van der Waals surface area contributed by atoms with E-state index in [1.807, 2.05) is 0 Å². The molecule has 0 radical (unpaired) electrons. The second-order valence-corrected chi connectivity index (χ2v) is 8.91. The van der Waals surface area contributed by atoms with Crippen LogP contribution in [-0.4, -0.2) is 49.3 Å². The molecule has 1 aliphatic heterocycles. The van der Waals surface area contributed by atoms with Crippen LogP contribution in [0.25, 0.3) is 22.1 Å². The smallest absolute Gasteiger partial charge is 0.416 e. The van der Waals surface area contributed by atoms with Gasteiger partial charge in [0.2, 0.25) is 0 Å². The predicted octanol–water partition coefficient (Wildman–Crippen LogP) is 5.39. The molecule has 192 valence electrons. The van der Waals surface area contributed by atoms with Gasteiger partial charge in [-0.15, -0.1) is 0 Å². The van der Waals surface area contributed by atoms with Crippen LogP contribution in [0.4, 0.5) is 18.9 Å². The van der Waals surface area contributed by atoms with E-state index in [4.69, 9.17) is 9.15 Å². The van der Waals surface area contributed by atoms with E-state index in [-0.39, 0.29) is 11.2 Å². The lowest BCUT2D eigenvalue weighted by Gasteiger charge is -2.36. The number of fused-ring (bicyclic) bond motifs is 1. The maximum Gasteiger partial charge on any atom is 0.416 e. The summed E-state index contributed by atoms with van der Waals surface area (Å²) in [5.41, 5.74) is 1.48. The van der Waals surface area contributed by atoms with Crippen molar-refractivity contribution in [1.29, 1.82) is 0 Å². The Morgan fingerprint density at radius 2 is 1.62 bits per heavy atom. The maximum atomic E-state index is 12.9. The fraction of sp³-hybridized carbons (Fsp3) is 0.250. The van der Waals surface area contributed by atoms with E-state index in [2.05, 4.69) is 9.80 Å². The van der Waals surface area contributed by atoms with Crippen LogP contribution < -0.4 is 15.1 Å². The highest BCUT2D eigenvalue weighted by Crippen LogP contribution is 2.31. The summed E-state index contributed by atoms with van der Waals surface area (Å²) in [6.07, 6.45) is -2.92. The van der Waals surface area contributed by atoms with Crippen molar-refractivity contribution >= 4 is 16.7 Å². The molecule has 0 atom stereocenters. The Balaban J connectivity index is 1.14. The first-order chi connectivity index (χ1) is 17.8. The van der Waals surface area contributed by atoms with Crippen molar-refractivity contribution in [2.24, 2.45) is 0 Å². The van der Waals surface area contributed by atoms with Crippen molar-refractivity contribution < 1.29 is 27.4 Å². The lowest BCUT2D eigenvalue weighted by Crippen LogP contribution is -2.47. The molecule has 2 heterocycles. The number of halogens is 3. The lowest BCUT2D eigenvalue weighted by atomic mass is 10.1. The van der Waals surface area contributed by atoms with E-state index in [1.54, 1.807) is 30.3 Å². The summed E-state index contributed by atoms with van der Waals surface area (Å²) in [5.74, 6) is 0.716. The third-order valence-corrected chi connectivity index (χ3v) is 6.53. The molecule has 1 saturated heterocycles. The number of anilines is 1. The second-order valence-electron chi connectivity index (χ2n) is 8.91. The molecular weight excluding hydrogens is 485 g/mol. The number of hydrogen-bond donors (Lipinski definition) is 1. The number of hydrogen-bond acceptors (Lipinski definition) is 6. The molecule has 0 saturated carbocycles. The molecule has 0 aliphatic carbocycles. The molecule has 1 aromatic heterocycles. The van der Waals surface area contributed by atoms with E-state index in [0.29, 0.717) is 41.0 Å². The van der Waals surface area contributed by atoms with Crippen LogP contribution in [0, 0.1) is 0 Å². The molecular formula is C28H25F3N2O4. The summed E-state index contributed by atoms with van der Waals surface area (Å²) in [6, 6.07) is 16.8. The number of aromatic hydroxyl groups is 1. The topological polar surface area (TPSA) is 66.2 Å². The molecule has 37 heavy (non-hydrogen) atoms. The van der Waals surface area contributed by atoms with Crippen molar-refractivity contribution in [2.45, 2.75) is 6.18 Å². The van der Waals surface area contributed by atoms with Gasteiger partial charge in [0.1, 0.15) is 30.0 Å². The molecule has 0 bridgehead atoms. The number of rotatable bonds is 6. The third-order valence-electron chi connectivity index (χ3n) is 6.53. The molecule has 5 rings (SSSR count). The van der Waals surface area contributed by atoms with Crippen LogP contribution in [0.3, 0.4) is 0 Å². The molecule has 4 aromatic rings. The summed E-state index contributed by atoms with van der Waals surface area (Å²) in [5, 5.41) is 9.91. The van der Waals surface area contributed by atoms with Gasteiger partial charge in [-0.2, -0.15) is 13.2 Å². The van der Waals surface area contributed by atoms with Gasteiger partial charge in [0.15, 0.2) is 5.43 Å². The fourth-order valence-electron chi connectivity index (χ4n) is 4.42. The van der Waals surface area contributed by atoms with Gasteiger partial charge in [-0.3, -0.25) is 9.69 Å². The Hall–Kier alpha value is -3.98. The van der Waals surface area contributed by atoms with Gasteiger partial charge < -0.3 is 19.2 Å². The maximum absolute atomic E-state index is 12.9. The highest BCUT2D eigenvalue weighted by Gasteiger charge is 2.30. The summed E-state index contributed by atoms with van der Waals surface area (Å²) in [7, 11) is 0. The van der Waals surface area contributed by atoms with Crippen molar-refractivity contribution in [3.05, 3.63) is 88.8 Å². The minimum absolute atomic E-state index is 0.122. The van der Waals surface area contributed by atoms with E-state index in [1.165, 1.54) is 30.5 Å². The van der Waals surface area contributed by atoms with Crippen molar-refractivity contribution in [3.63, 3.8) is 0 Å². The number of ether oxygens (including phenoxy) is 1. The molecule has 3 aromatic carbocycles. The number of phenols is 1. The zero-order valence-electron chi connectivity index (χ0n) is 19.9. The minimum Gasteiger partial charge on any atom is -0.508 e. The first-order valence-electron chi connectivity index (χ1n) is 11.9. The predicted molar refractivity (Wildman–Crippen MR) is 135 cm³/mol. The second kappa shape index (κ2) is 10.2. The average molecular weight is 511 g/mol. The molecule has 9 heteroatoms. The Kier molecular flexibility index (Phi) is 6.80. The zero-order chi connectivity index (χ0) is 26.0. The standard InChI is InChI=1S/C28H25F3N2O4/c29-28(30,31)20-3-5-21(6-4-20)33-13-11-32(12-14-33)15-16-36-23-9-10-24-26(17-23)37-18-25(27(24)35)19-1-7-22(34)8-2-19/h1-10,17-18,34H,11-16H2. The Labute approximate surface area is 211 Å². The highest BCUT2D eigenvalue weighted by atomic mass is 19.4. The van der Waals surface area contributed by atoms with Crippen LogP contribution in [0.2, 0.25) is 0 Å². The first-order valence-corrected chi connectivity index (χ1v) is 11.9. The summed E-state index contributed by atoms with van der Waals surface area (Å²) >= 11 is 0. The number of piperazine rings is 1. The third kappa shape index (κ3) is 5.56. The molecule has 0 unspecified atom stereocenters. The van der Waals surface area contributed by atoms with Crippen LogP contribution in [-0.2, 0) is 6.18 Å². The molecule has 1 N–H and O–H groups in total. The Morgan fingerprint density at radius 1 is 0.919 bits per heavy atom. The van der Waals surface area contributed by atoms with Gasteiger partial charge in [-0.05, 0) is 54.1 Å². The van der Waals surface area contributed by atoms with Gasteiger partial charge in [-0.25, -0.2) is 0 Å². The normalized spacial score (nSPS) is 14.7. The minimum atomic E-state index is -4.33. The van der Waals surface area contributed by atoms with Gasteiger partial charge in [0.05, 0.1) is 16.5 Å². The van der Waals surface area contributed by atoms with Crippen molar-refractivity contribution in [2.75, 3.05) is 44.2 Å². The Bertz CT molecular complexity index is 1430. The van der Waals surface area contributed by atoms with Gasteiger partial charge in [0.25, 0.3) is 0 Å². The zero-order valence-corrected chi connectivity index (χ0v) is 19.9. The van der Waals surface area contributed by atoms with Gasteiger partial charge >= 0.3 is 6.18 Å². The summed E-state index contributed by atoms with van der Waals surface area (Å²) in [4.78, 5) is 17.2. The van der Waals surface area contributed by atoms with E-state index < -0.39 is 11.7 Å². The monoisotopic (exact) mass is 510 g/mol. The summed E-state index contributed by atoms with van der Waals surface area (Å²) in [6.45, 7) is 4.13. The first kappa shape index (κ1) is 24.7. The van der Waals surface area contributed by atoms with Crippen LogP contribution in [0.1, 0.15) is 5.56 Å². The van der Waals surface area contributed by atoms with Crippen molar-refractivity contribution in [1.82, 2.24) is 4.90 Å². The summed E-state index contributed by atoms with van der Waals surface area (Å²) < 4.78 is 49.9. The lowest BCUT2D eigenvalue weighted by molar-refractivity contribution is -0.137. The largest absolute Gasteiger partial charge is 0.508 e. The van der Waals surface area contributed by atoms with E-state index in [0.717, 1.165) is 44.0 Å². The van der Waals surface area contributed by atoms with Crippen molar-refractivity contribution in [3.8, 4) is 22.6 Å². The van der Waals surface area contributed by atoms with E-state index >= 15 is 0 Å². The number of nitrogens with zero attached hydrogens (tertiary/aromatic N) is 2. The van der Waals surface area contributed by atoms with Crippen LogP contribution in [0.15, 0.2) is 82.2 Å². The molecule has 1 aliphatic rings. The number of alkyl halides is 3. The number of phenolic OH excluding ortho intramolecular Hbond substituents is 1. The quantitative estimate of drug-likeness (QED) is 0.376.